The van der Waals surface area contributed by atoms with E-state index in [0.717, 1.165) is 42.7 Å². The molecule has 3 heterocycles. The number of benzene rings is 4. The van der Waals surface area contributed by atoms with Crippen LogP contribution in [0.2, 0.25) is 0 Å². The van der Waals surface area contributed by atoms with Crippen LogP contribution in [-0.2, 0) is 18.9 Å². The summed E-state index contributed by atoms with van der Waals surface area (Å²) in [6.45, 7) is -0.571. The lowest BCUT2D eigenvalue weighted by Crippen LogP contribution is -2.41. The number of fused-ring (bicyclic) bond motifs is 1. The molecule has 1 fully saturated rings. The predicted octanol–water partition coefficient (Wildman–Crippen LogP) is 5.70. The molecule has 0 bridgehead atoms. The molecule has 0 radical (unpaired) electrons. The van der Waals surface area contributed by atoms with Gasteiger partial charge in [-0.15, -0.1) is 0 Å². The van der Waals surface area contributed by atoms with Crippen molar-refractivity contribution in [3.63, 3.8) is 0 Å². The summed E-state index contributed by atoms with van der Waals surface area (Å²) in [5, 5.41) is 2.69. The third kappa shape index (κ3) is 7.63. The number of halogens is 3. The zero-order valence-corrected chi connectivity index (χ0v) is 27.7. The molecule has 1 amide bonds. The molecule has 0 spiro atoms. The standard InChI is InChI=1S/C38H26F3N5O8/c39-25-12-6-22(7-13-25)36(48)51-18-28-30(53-37(49)23-8-14-26(40)15-9-23)31(54-38(50)24-10-16-27(41)17-11-24)35(52-28)46-20-44-29-32(42-19-43-33(29)46)45-34(47)21-4-2-1-3-5-21/h1-17,19-20,28,30-31,35H,18H2,(H,42,43,45,47)/t28-,30-,31-,35-/m1/s1. The average molecular weight is 738 g/mol. The zero-order chi connectivity index (χ0) is 37.8. The van der Waals surface area contributed by atoms with Gasteiger partial charge >= 0.3 is 17.9 Å². The number of imidazole rings is 1. The minimum Gasteiger partial charge on any atom is -0.459 e. The van der Waals surface area contributed by atoms with Gasteiger partial charge < -0.3 is 24.3 Å². The van der Waals surface area contributed by atoms with Gasteiger partial charge in [0.25, 0.3) is 5.91 Å². The Morgan fingerprint density at radius 3 is 1.76 bits per heavy atom. The molecule has 0 aliphatic carbocycles. The van der Waals surface area contributed by atoms with E-state index in [2.05, 4.69) is 20.3 Å². The van der Waals surface area contributed by atoms with Crippen LogP contribution in [0.25, 0.3) is 11.2 Å². The molecule has 1 saturated heterocycles. The van der Waals surface area contributed by atoms with Crippen LogP contribution >= 0.6 is 0 Å². The van der Waals surface area contributed by atoms with Gasteiger partial charge in [-0.1, -0.05) is 18.2 Å². The van der Waals surface area contributed by atoms with Crippen LogP contribution < -0.4 is 5.32 Å². The smallest absolute Gasteiger partial charge is 0.338 e. The first-order valence-corrected chi connectivity index (χ1v) is 16.2. The van der Waals surface area contributed by atoms with Crippen molar-refractivity contribution in [2.75, 3.05) is 11.9 Å². The van der Waals surface area contributed by atoms with Gasteiger partial charge in [-0.3, -0.25) is 9.36 Å². The normalized spacial score (nSPS) is 17.8. The molecular weight excluding hydrogens is 711 g/mol. The zero-order valence-electron chi connectivity index (χ0n) is 27.7. The molecule has 0 unspecified atom stereocenters. The van der Waals surface area contributed by atoms with Crippen molar-refractivity contribution in [1.29, 1.82) is 0 Å². The van der Waals surface area contributed by atoms with Crippen LogP contribution in [0.5, 0.6) is 0 Å². The Morgan fingerprint density at radius 2 is 1.19 bits per heavy atom. The number of aromatic nitrogens is 4. The minimum atomic E-state index is -1.52. The highest BCUT2D eigenvalue weighted by Crippen LogP contribution is 2.37. The molecular formula is C38H26F3N5O8. The number of amides is 1. The first kappa shape index (κ1) is 35.5. The van der Waals surface area contributed by atoms with Crippen molar-refractivity contribution >= 4 is 40.8 Å². The number of hydrogen-bond donors (Lipinski definition) is 1. The summed E-state index contributed by atoms with van der Waals surface area (Å²) in [5.74, 6) is -5.04. The van der Waals surface area contributed by atoms with E-state index in [9.17, 15) is 32.3 Å². The summed E-state index contributed by atoms with van der Waals surface area (Å²) in [6.07, 6.45) is -3.31. The Balaban J connectivity index is 1.25. The van der Waals surface area contributed by atoms with E-state index in [0.29, 0.717) is 5.56 Å². The Kier molecular flexibility index (Phi) is 10.1. The summed E-state index contributed by atoms with van der Waals surface area (Å²) in [5.41, 5.74) is 0.430. The summed E-state index contributed by atoms with van der Waals surface area (Å²) >= 11 is 0. The number of carbonyl (C=O) groups is 4. The van der Waals surface area contributed by atoms with Gasteiger partial charge in [-0.2, -0.15) is 0 Å². The molecule has 16 heteroatoms. The van der Waals surface area contributed by atoms with E-state index >= 15 is 0 Å². The largest absolute Gasteiger partial charge is 0.459 e. The van der Waals surface area contributed by atoms with Crippen molar-refractivity contribution in [3.05, 3.63) is 155 Å². The maximum absolute atomic E-state index is 13.7. The number of ether oxygens (including phenoxy) is 4. The van der Waals surface area contributed by atoms with Gasteiger partial charge in [0.15, 0.2) is 35.4 Å². The van der Waals surface area contributed by atoms with E-state index in [-0.39, 0.29) is 33.7 Å². The van der Waals surface area contributed by atoms with Crippen molar-refractivity contribution in [2.45, 2.75) is 24.5 Å². The monoisotopic (exact) mass is 737 g/mol. The Morgan fingerprint density at radius 1 is 0.648 bits per heavy atom. The Labute approximate surface area is 303 Å². The number of nitrogens with zero attached hydrogens (tertiary/aromatic N) is 4. The summed E-state index contributed by atoms with van der Waals surface area (Å²) in [7, 11) is 0. The first-order chi connectivity index (χ1) is 26.1. The number of anilines is 1. The molecule has 1 aliphatic rings. The summed E-state index contributed by atoms with van der Waals surface area (Å²) in [4.78, 5) is 65.8. The molecule has 7 rings (SSSR count). The molecule has 1 N–H and O–H groups in total. The molecule has 13 nitrogen and oxygen atoms in total. The fraction of sp³-hybridized carbons (Fsp3) is 0.132. The second-order valence-corrected chi connectivity index (χ2v) is 11.8. The molecule has 6 aromatic rings. The van der Waals surface area contributed by atoms with E-state index < -0.39 is 72.4 Å². The fourth-order valence-electron chi connectivity index (χ4n) is 5.62. The highest BCUT2D eigenvalue weighted by molar-refractivity contribution is 6.06. The SMILES string of the molecule is O=C(Nc1ncnc2c1ncn2[C@@H]1O[C@H](COC(=O)c2ccc(F)cc2)[C@@H](OC(=O)c2ccc(F)cc2)[C@H]1OC(=O)c1ccc(F)cc1)c1ccccc1. The molecule has 4 atom stereocenters. The third-order valence-corrected chi connectivity index (χ3v) is 8.29. The van der Waals surface area contributed by atoms with Crippen LogP contribution in [0.15, 0.2) is 116 Å². The van der Waals surface area contributed by atoms with Crippen LogP contribution in [-0.4, -0.2) is 68.3 Å². The van der Waals surface area contributed by atoms with E-state index in [1.165, 1.54) is 47.3 Å². The van der Waals surface area contributed by atoms with E-state index in [4.69, 9.17) is 18.9 Å². The predicted molar refractivity (Wildman–Crippen MR) is 182 cm³/mol. The Hall–Kier alpha value is -6.94. The van der Waals surface area contributed by atoms with Crippen LogP contribution in [0.4, 0.5) is 19.0 Å². The van der Waals surface area contributed by atoms with Crippen molar-refractivity contribution < 1.29 is 51.3 Å². The van der Waals surface area contributed by atoms with Crippen molar-refractivity contribution in [1.82, 2.24) is 19.5 Å². The quantitative estimate of drug-likeness (QED) is 0.136. The molecule has 54 heavy (non-hydrogen) atoms. The van der Waals surface area contributed by atoms with Gasteiger partial charge in [-0.25, -0.2) is 42.5 Å². The minimum absolute atomic E-state index is 0.00692. The maximum Gasteiger partial charge on any atom is 0.338 e. The number of rotatable bonds is 10. The third-order valence-electron chi connectivity index (χ3n) is 8.29. The molecule has 272 valence electrons. The molecule has 4 aromatic carbocycles. The van der Waals surface area contributed by atoms with Crippen LogP contribution in [0.3, 0.4) is 0 Å². The Bertz CT molecular complexity index is 2320. The summed E-state index contributed by atoms with van der Waals surface area (Å²) < 4.78 is 65.9. The van der Waals surface area contributed by atoms with Gasteiger partial charge in [0, 0.05) is 5.56 Å². The molecule has 2 aromatic heterocycles. The van der Waals surface area contributed by atoms with Crippen molar-refractivity contribution in [3.8, 4) is 0 Å². The number of esters is 3. The first-order valence-electron chi connectivity index (χ1n) is 16.2. The van der Waals surface area contributed by atoms with Gasteiger partial charge in [0.1, 0.15) is 36.5 Å². The molecule has 1 aliphatic heterocycles. The average Bonchev–Trinajstić information content (AvgIpc) is 3.76. The lowest BCUT2D eigenvalue weighted by atomic mass is 10.1. The lowest BCUT2D eigenvalue weighted by molar-refractivity contribution is -0.0606. The molecule has 0 saturated carbocycles. The van der Waals surface area contributed by atoms with Gasteiger partial charge in [0.05, 0.1) is 23.0 Å². The topological polar surface area (TPSA) is 161 Å². The highest BCUT2D eigenvalue weighted by atomic mass is 19.1. The van der Waals surface area contributed by atoms with E-state index in [1.807, 2.05) is 0 Å². The lowest BCUT2D eigenvalue weighted by Gasteiger charge is -2.25. The number of hydrogen-bond acceptors (Lipinski definition) is 11. The number of carbonyl (C=O) groups excluding carboxylic acids is 4. The second-order valence-electron chi connectivity index (χ2n) is 11.8. The van der Waals surface area contributed by atoms with Crippen molar-refractivity contribution in [2.24, 2.45) is 0 Å². The van der Waals surface area contributed by atoms with Crippen LogP contribution in [0, 0.1) is 17.5 Å². The summed E-state index contributed by atoms with van der Waals surface area (Å²) in [6, 6.07) is 21.8. The van der Waals surface area contributed by atoms with E-state index in [1.54, 1.807) is 30.3 Å². The van der Waals surface area contributed by atoms with Gasteiger partial charge in [-0.05, 0) is 84.9 Å². The number of nitrogens with one attached hydrogen (secondary N) is 1. The fourth-order valence-corrected chi connectivity index (χ4v) is 5.62. The van der Waals surface area contributed by atoms with Gasteiger partial charge in [0.2, 0.25) is 0 Å². The van der Waals surface area contributed by atoms with Crippen LogP contribution in [0.1, 0.15) is 47.7 Å². The highest BCUT2D eigenvalue weighted by Gasteiger charge is 2.52. The maximum atomic E-state index is 13.7. The second kappa shape index (κ2) is 15.3.